The van der Waals surface area contributed by atoms with Gasteiger partial charge >= 0.3 is 0 Å². The summed E-state index contributed by atoms with van der Waals surface area (Å²) in [6.45, 7) is 7.32. The summed E-state index contributed by atoms with van der Waals surface area (Å²) in [5.41, 5.74) is 1.17. The molecule has 26 heavy (non-hydrogen) atoms. The first-order valence-corrected chi connectivity index (χ1v) is 9.68. The Morgan fingerprint density at radius 3 is 2.58 bits per heavy atom. The second-order valence-corrected chi connectivity index (χ2v) is 7.47. The summed E-state index contributed by atoms with van der Waals surface area (Å²) in [5, 5.41) is 3.32. The van der Waals surface area contributed by atoms with Crippen molar-refractivity contribution in [2.45, 2.75) is 51.7 Å². The number of benzene rings is 1. The molecule has 0 radical (unpaired) electrons. The fourth-order valence-electron chi connectivity index (χ4n) is 3.67. The van der Waals surface area contributed by atoms with Crippen LogP contribution < -0.4 is 5.32 Å². The number of carbonyl (C=O) groups excluding carboxylic acids is 1. The van der Waals surface area contributed by atoms with Gasteiger partial charge in [0.05, 0.1) is 12.4 Å². The van der Waals surface area contributed by atoms with Gasteiger partial charge in [0.25, 0.3) is 0 Å². The zero-order valence-corrected chi connectivity index (χ0v) is 15.8. The van der Waals surface area contributed by atoms with Crippen LogP contribution in [0.25, 0.3) is 0 Å². The van der Waals surface area contributed by atoms with Gasteiger partial charge in [-0.2, -0.15) is 0 Å². The number of amides is 1. The number of nitrogens with zero attached hydrogens (tertiary/aromatic N) is 3. The Morgan fingerprint density at radius 2 is 1.96 bits per heavy atom. The van der Waals surface area contributed by atoms with Gasteiger partial charge < -0.3 is 14.8 Å². The summed E-state index contributed by atoms with van der Waals surface area (Å²) in [6, 6.07) is 10.9. The van der Waals surface area contributed by atoms with E-state index in [1.807, 2.05) is 30.7 Å². The van der Waals surface area contributed by atoms with Gasteiger partial charge in [0.15, 0.2) is 0 Å². The molecule has 0 spiro atoms. The van der Waals surface area contributed by atoms with Gasteiger partial charge in [0.1, 0.15) is 0 Å². The van der Waals surface area contributed by atoms with E-state index in [1.54, 1.807) is 6.20 Å². The van der Waals surface area contributed by atoms with Crippen LogP contribution in [-0.2, 0) is 11.3 Å². The molecule has 1 aromatic carbocycles. The molecular weight excluding hydrogens is 324 g/mol. The Labute approximate surface area is 156 Å². The fourth-order valence-corrected chi connectivity index (χ4v) is 3.67. The molecule has 5 nitrogen and oxygen atoms in total. The predicted molar refractivity (Wildman–Crippen MR) is 104 cm³/mol. The summed E-state index contributed by atoms with van der Waals surface area (Å²) in [4.78, 5) is 19.4. The van der Waals surface area contributed by atoms with Crippen LogP contribution in [0, 0.1) is 5.92 Å². The molecule has 140 valence electrons. The molecule has 1 aromatic heterocycles. The Hall–Kier alpha value is -2.14. The number of piperidine rings is 1. The molecule has 3 rings (SSSR count). The maximum absolute atomic E-state index is 12.9. The second-order valence-electron chi connectivity index (χ2n) is 7.47. The van der Waals surface area contributed by atoms with E-state index in [1.165, 1.54) is 5.56 Å². The van der Waals surface area contributed by atoms with Crippen LogP contribution in [0.1, 0.15) is 44.7 Å². The third-order valence-corrected chi connectivity index (χ3v) is 5.38. The normalized spacial score (nSPS) is 17.3. The largest absolute Gasteiger partial charge is 0.349 e. The molecule has 0 aliphatic carbocycles. The van der Waals surface area contributed by atoms with E-state index >= 15 is 0 Å². The average Bonchev–Trinajstić information content (AvgIpc) is 3.19. The Bertz CT molecular complexity index is 661. The van der Waals surface area contributed by atoms with Gasteiger partial charge in [-0.1, -0.05) is 30.3 Å². The number of rotatable bonds is 7. The zero-order chi connectivity index (χ0) is 18.4. The van der Waals surface area contributed by atoms with Crippen molar-refractivity contribution in [1.82, 2.24) is 19.8 Å². The number of imidazole rings is 1. The average molecular weight is 354 g/mol. The Morgan fingerprint density at radius 1 is 1.23 bits per heavy atom. The number of likely N-dealkylation sites (tertiary alicyclic amines) is 1. The summed E-state index contributed by atoms with van der Waals surface area (Å²) in [6.07, 6.45) is 8.34. The van der Waals surface area contributed by atoms with Gasteiger partial charge in [-0.05, 0) is 51.8 Å². The van der Waals surface area contributed by atoms with Crippen molar-refractivity contribution in [3.8, 4) is 0 Å². The van der Waals surface area contributed by atoms with Gasteiger partial charge in [0, 0.05) is 30.9 Å². The van der Waals surface area contributed by atoms with Gasteiger partial charge in [-0.15, -0.1) is 0 Å². The number of hydrogen-bond acceptors (Lipinski definition) is 3. The van der Waals surface area contributed by atoms with Gasteiger partial charge in [-0.3, -0.25) is 4.79 Å². The summed E-state index contributed by atoms with van der Waals surface area (Å²) in [7, 11) is 0. The summed E-state index contributed by atoms with van der Waals surface area (Å²) >= 11 is 0. The van der Waals surface area contributed by atoms with Crippen molar-refractivity contribution < 1.29 is 4.79 Å². The van der Waals surface area contributed by atoms with E-state index in [4.69, 9.17) is 0 Å². The number of carbonyl (C=O) groups is 1. The fraction of sp³-hybridized carbons (Fsp3) is 0.524. The van der Waals surface area contributed by atoms with E-state index in [2.05, 4.69) is 45.7 Å². The first kappa shape index (κ1) is 18.6. The number of aryl methyl sites for hydroxylation is 1. The molecule has 0 saturated carbocycles. The standard InChI is InChI=1S/C21H30N4O/c1-17(2)25-13-8-19(9-14-25)21(26)23-20(18-6-4-3-5-7-18)10-12-24-15-11-22-16-24/h3-7,11,15-17,19-20H,8-10,12-14H2,1-2H3,(H,23,26)/t20-/m0/s1. The van der Waals surface area contributed by atoms with Crippen LogP contribution >= 0.6 is 0 Å². The first-order valence-electron chi connectivity index (χ1n) is 9.68. The summed E-state index contributed by atoms with van der Waals surface area (Å²) in [5.74, 6) is 0.331. The maximum Gasteiger partial charge on any atom is 0.223 e. The molecule has 2 heterocycles. The van der Waals surface area contributed by atoms with Crippen LogP contribution in [0.4, 0.5) is 0 Å². The van der Waals surface area contributed by atoms with E-state index in [-0.39, 0.29) is 17.9 Å². The van der Waals surface area contributed by atoms with Crippen molar-refractivity contribution in [2.75, 3.05) is 13.1 Å². The van der Waals surface area contributed by atoms with E-state index in [9.17, 15) is 4.79 Å². The molecule has 2 aromatic rings. The highest BCUT2D eigenvalue weighted by Crippen LogP contribution is 2.23. The molecule has 1 aliphatic heterocycles. The molecule has 1 atom stereocenters. The van der Waals surface area contributed by atoms with Crippen LogP contribution in [0.5, 0.6) is 0 Å². The van der Waals surface area contributed by atoms with Crippen molar-refractivity contribution in [1.29, 1.82) is 0 Å². The number of hydrogen-bond donors (Lipinski definition) is 1. The van der Waals surface area contributed by atoms with Crippen molar-refractivity contribution >= 4 is 5.91 Å². The van der Waals surface area contributed by atoms with E-state index in [0.717, 1.165) is 38.9 Å². The molecular formula is C21H30N4O. The Balaban J connectivity index is 1.60. The molecule has 1 N–H and O–H groups in total. The van der Waals surface area contributed by atoms with Crippen LogP contribution in [0.2, 0.25) is 0 Å². The minimum atomic E-state index is 0.0363. The highest BCUT2D eigenvalue weighted by molar-refractivity contribution is 5.79. The molecule has 0 bridgehead atoms. The van der Waals surface area contributed by atoms with Crippen LogP contribution in [0.3, 0.4) is 0 Å². The lowest BCUT2D eigenvalue weighted by atomic mass is 9.94. The minimum absolute atomic E-state index is 0.0363. The lowest BCUT2D eigenvalue weighted by molar-refractivity contribution is -0.127. The summed E-state index contributed by atoms with van der Waals surface area (Å²) < 4.78 is 2.06. The quantitative estimate of drug-likeness (QED) is 0.830. The highest BCUT2D eigenvalue weighted by Gasteiger charge is 2.27. The molecule has 5 heteroatoms. The van der Waals surface area contributed by atoms with Crippen LogP contribution in [0.15, 0.2) is 49.1 Å². The number of nitrogens with one attached hydrogen (secondary N) is 1. The smallest absolute Gasteiger partial charge is 0.223 e. The molecule has 1 aliphatic rings. The first-order chi connectivity index (χ1) is 12.6. The van der Waals surface area contributed by atoms with Gasteiger partial charge in [-0.25, -0.2) is 4.98 Å². The lowest BCUT2D eigenvalue weighted by Crippen LogP contribution is -2.43. The van der Waals surface area contributed by atoms with Crippen molar-refractivity contribution in [2.24, 2.45) is 5.92 Å². The minimum Gasteiger partial charge on any atom is -0.349 e. The van der Waals surface area contributed by atoms with E-state index in [0.29, 0.717) is 6.04 Å². The third kappa shape index (κ3) is 4.94. The topological polar surface area (TPSA) is 50.2 Å². The van der Waals surface area contributed by atoms with Crippen molar-refractivity contribution in [3.63, 3.8) is 0 Å². The van der Waals surface area contributed by atoms with E-state index < -0.39 is 0 Å². The Kier molecular flexibility index (Phi) is 6.45. The monoisotopic (exact) mass is 354 g/mol. The number of aromatic nitrogens is 2. The van der Waals surface area contributed by atoms with Crippen molar-refractivity contribution in [3.05, 3.63) is 54.6 Å². The van der Waals surface area contributed by atoms with Gasteiger partial charge in [0.2, 0.25) is 5.91 Å². The maximum atomic E-state index is 12.9. The third-order valence-electron chi connectivity index (χ3n) is 5.38. The van der Waals surface area contributed by atoms with Crippen LogP contribution in [-0.4, -0.2) is 39.5 Å². The molecule has 1 saturated heterocycles. The highest BCUT2D eigenvalue weighted by atomic mass is 16.1. The predicted octanol–water partition coefficient (Wildman–Crippen LogP) is 3.25. The molecule has 0 unspecified atom stereocenters. The lowest BCUT2D eigenvalue weighted by Gasteiger charge is -2.34. The SMILES string of the molecule is CC(C)N1CCC(C(=O)N[C@@H](CCn2ccnc2)c2ccccc2)CC1. The zero-order valence-electron chi connectivity index (χ0n) is 15.8. The molecule has 1 fully saturated rings. The second kappa shape index (κ2) is 8.99. The molecule has 1 amide bonds.